The summed E-state index contributed by atoms with van der Waals surface area (Å²) in [6.45, 7) is 31.9. The second kappa shape index (κ2) is 24.8. The fraction of sp³-hybridized carbons (Fsp3) is 0.765. The summed E-state index contributed by atoms with van der Waals surface area (Å²) in [6.07, 6.45) is 16.8. The minimum Gasteiger partial charge on any atom is -0.385 e. The highest BCUT2D eigenvalue weighted by Crippen LogP contribution is 2.39. The van der Waals surface area contributed by atoms with E-state index in [1.54, 1.807) is 0 Å². The highest BCUT2D eigenvalue weighted by Gasteiger charge is 2.35. The van der Waals surface area contributed by atoms with Crippen LogP contribution >= 0.6 is 0 Å². The van der Waals surface area contributed by atoms with Gasteiger partial charge in [0, 0.05) is 42.6 Å². The normalized spacial score (nSPS) is 24.9. The van der Waals surface area contributed by atoms with Crippen molar-refractivity contribution in [2.45, 2.75) is 170 Å². The molecule has 4 unspecified atom stereocenters. The van der Waals surface area contributed by atoms with E-state index in [0.29, 0.717) is 6.04 Å². The Labute approximate surface area is 347 Å². The fourth-order valence-electron chi connectivity index (χ4n) is 10.5. The third kappa shape index (κ3) is 14.6. The van der Waals surface area contributed by atoms with Gasteiger partial charge in [-0.25, -0.2) is 0 Å². The maximum Gasteiger partial charge on any atom is 0.0401 e. The zero-order chi connectivity index (χ0) is 40.5. The summed E-state index contributed by atoms with van der Waals surface area (Å²) in [5.41, 5.74) is 5.79. The molecule has 2 aromatic rings. The number of nitrogens with one attached hydrogen (secondary N) is 3. The van der Waals surface area contributed by atoms with Crippen molar-refractivity contribution in [2.24, 2.45) is 35.5 Å². The van der Waals surface area contributed by atoms with E-state index < -0.39 is 0 Å². The molecule has 56 heavy (non-hydrogen) atoms. The predicted molar refractivity (Wildman–Crippen MR) is 247 cm³/mol. The number of para-hydroxylation sites is 2. The molecule has 0 amide bonds. The van der Waals surface area contributed by atoms with E-state index in [4.69, 9.17) is 0 Å². The maximum atomic E-state index is 3.71. The maximum absolute atomic E-state index is 3.71. The summed E-state index contributed by atoms with van der Waals surface area (Å²) in [6, 6.07) is 19.7. The van der Waals surface area contributed by atoms with Crippen molar-refractivity contribution in [3.05, 3.63) is 59.7 Å². The largest absolute Gasteiger partial charge is 0.385 e. The lowest BCUT2D eigenvalue weighted by atomic mass is 9.68. The van der Waals surface area contributed by atoms with E-state index >= 15 is 0 Å². The van der Waals surface area contributed by atoms with Crippen LogP contribution in [0, 0.1) is 35.5 Å². The Bertz CT molecular complexity index is 1300. The van der Waals surface area contributed by atoms with Crippen LogP contribution in [-0.2, 0) is 6.42 Å². The number of hydrogen-bond acceptors (Lipinski definition) is 5. The Kier molecular flexibility index (Phi) is 20.6. The first-order chi connectivity index (χ1) is 27.0. The average Bonchev–Trinajstić information content (AvgIpc) is 3.67. The molecule has 6 aliphatic rings. The molecule has 0 bridgehead atoms. The first-order valence-electron chi connectivity index (χ1n) is 23.8. The monoisotopic (exact) mass is 772 g/mol. The minimum atomic E-state index is 0.633. The Morgan fingerprint density at radius 1 is 0.571 bits per heavy atom. The molecule has 3 saturated heterocycles. The van der Waals surface area contributed by atoms with Gasteiger partial charge in [0.05, 0.1) is 0 Å². The Balaban J connectivity index is 0.000000157. The summed E-state index contributed by atoms with van der Waals surface area (Å²) in [5.74, 6) is 6.29. The van der Waals surface area contributed by atoms with Crippen LogP contribution in [0.2, 0.25) is 0 Å². The van der Waals surface area contributed by atoms with E-state index in [0.717, 1.165) is 60.1 Å². The molecule has 5 heterocycles. The molecule has 0 radical (unpaired) electrons. The molecule has 5 heteroatoms. The van der Waals surface area contributed by atoms with Crippen molar-refractivity contribution in [1.82, 2.24) is 15.5 Å². The van der Waals surface area contributed by atoms with Crippen LogP contribution in [-0.4, -0.2) is 68.8 Å². The van der Waals surface area contributed by atoms with Crippen LogP contribution < -0.4 is 20.9 Å². The molecule has 4 atom stereocenters. The molecule has 8 rings (SSSR count). The second-order valence-electron chi connectivity index (χ2n) is 19.5. The van der Waals surface area contributed by atoms with Crippen LogP contribution in [0.1, 0.15) is 157 Å². The molecule has 3 N–H and O–H groups in total. The topological polar surface area (TPSA) is 42.6 Å². The summed E-state index contributed by atoms with van der Waals surface area (Å²) < 4.78 is 0. The van der Waals surface area contributed by atoms with E-state index in [2.05, 4.69) is 144 Å². The number of fused-ring (bicyclic) bond motifs is 3. The Hall–Kier alpha value is -2.08. The average molecular weight is 772 g/mol. The van der Waals surface area contributed by atoms with Gasteiger partial charge in [-0.05, 0) is 189 Å². The summed E-state index contributed by atoms with van der Waals surface area (Å²) >= 11 is 0. The molecule has 4 fully saturated rings. The molecule has 1 aliphatic carbocycles. The molecular formula is C51H89N5. The highest BCUT2D eigenvalue weighted by atomic mass is 15.2. The lowest BCUT2D eigenvalue weighted by Crippen LogP contribution is -2.47. The van der Waals surface area contributed by atoms with Crippen LogP contribution in [0.15, 0.2) is 48.5 Å². The third-order valence-electron chi connectivity index (χ3n) is 14.0. The van der Waals surface area contributed by atoms with Gasteiger partial charge in [0.15, 0.2) is 0 Å². The van der Waals surface area contributed by atoms with Crippen LogP contribution in [0.3, 0.4) is 0 Å². The molecule has 5 aliphatic heterocycles. The molecule has 0 spiro atoms. The van der Waals surface area contributed by atoms with Gasteiger partial charge < -0.3 is 25.8 Å². The van der Waals surface area contributed by atoms with Gasteiger partial charge in [-0.15, -0.1) is 0 Å². The van der Waals surface area contributed by atoms with Crippen molar-refractivity contribution in [3.63, 3.8) is 0 Å². The van der Waals surface area contributed by atoms with Crippen LogP contribution in [0.4, 0.5) is 11.4 Å². The first-order valence-corrected chi connectivity index (χ1v) is 23.8. The third-order valence-corrected chi connectivity index (χ3v) is 14.0. The first kappa shape index (κ1) is 46.6. The zero-order valence-corrected chi connectivity index (χ0v) is 38.2. The molecule has 318 valence electrons. The van der Waals surface area contributed by atoms with Gasteiger partial charge in [-0.3, -0.25) is 0 Å². The van der Waals surface area contributed by atoms with Gasteiger partial charge in [0.1, 0.15) is 0 Å². The lowest BCUT2D eigenvalue weighted by Gasteiger charge is -2.43. The van der Waals surface area contributed by atoms with E-state index in [-0.39, 0.29) is 0 Å². The van der Waals surface area contributed by atoms with Crippen molar-refractivity contribution < 1.29 is 0 Å². The van der Waals surface area contributed by atoms with Gasteiger partial charge in [-0.2, -0.15) is 0 Å². The van der Waals surface area contributed by atoms with E-state index in [1.165, 1.54) is 139 Å². The molecule has 5 nitrogen and oxygen atoms in total. The van der Waals surface area contributed by atoms with Crippen LogP contribution in [0.5, 0.6) is 0 Å². The fourth-order valence-corrected chi connectivity index (χ4v) is 10.5. The molecule has 1 saturated carbocycles. The molecular weight excluding hydrogens is 683 g/mol. The number of rotatable bonds is 5. The second-order valence-corrected chi connectivity index (χ2v) is 19.5. The number of piperidine rings is 3. The number of likely N-dealkylation sites (tertiary alicyclic amines) is 1. The summed E-state index contributed by atoms with van der Waals surface area (Å²) in [7, 11) is 0. The summed E-state index contributed by atoms with van der Waals surface area (Å²) in [4.78, 5) is 5.03. The zero-order valence-electron chi connectivity index (χ0n) is 38.2. The van der Waals surface area contributed by atoms with Crippen molar-refractivity contribution in [2.75, 3.05) is 56.0 Å². The molecule has 0 aromatic heterocycles. The van der Waals surface area contributed by atoms with Gasteiger partial charge >= 0.3 is 0 Å². The lowest BCUT2D eigenvalue weighted by molar-refractivity contribution is 0.105. The van der Waals surface area contributed by atoms with Crippen LogP contribution in [0.25, 0.3) is 0 Å². The Morgan fingerprint density at radius 2 is 1.27 bits per heavy atom. The number of hydrogen-bond donors (Lipinski definition) is 3. The highest BCUT2D eigenvalue weighted by molar-refractivity contribution is 5.58. The van der Waals surface area contributed by atoms with E-state index in [9.17, 15) is 0 Å². The molecule has 2 aromatic carbocycles. The smallest absolute Gasteiger partial charge is 0.0401 e. The van der Waals surface area contributed by atoms with Crippen molar-refractivity contribution >= 4 is 11.4 Å². The quantitative estimate of drug-likeness (QED) is 0.282. The Morgan fingerprint density at radius 3 is 1.89 bits per heavy atom. The SMILES string of the molecule is CC(C)C1CCCC2NCCCC21.CC(C)C1CCNCC1.CC(C)C1CCNc2ccccc21.CC(C)N1CCCCC1.CC(C)N1CCc2ccccc21. The van der Waals surface area contributed by atoms with Gasteiger partial charge in [-0.1, -0.05) is 90.8 Å². The van der Waals surface area contributed by atoms with Crippen molar-refractivity contribution in [3.8, 4) is 0 Å². The standard InChI is InChI=1S/C12H23N.C12H17N.C11H15N.2C8H17N/c1-9(2)10-5-3-7-12-11(10)6-4-8-13-12;1-9(2)10-7-8-13-12-6-4-3-5-11(10)12;1-9(2)12-8-7-10-5-3-4-6-11(10)12;1-7(2)8-3-5-9-6-4-8;1-8(2)9-6-4-3-5-7-9/h9-13H,3-8H2,1-2H3;3-6,9-10,13H,7-8H2,1-2H3;3-6,9H,7-8H2,1-2H3;7-9H,3-6H2,1-2H3;8H,3-7H2,1-2H3. The van der Waals surface area contributed by atoms with Crippen molar-refractivity contribution in [1.29, 1.82) is 0 Å². The van der Waals surface area contributed by atoms with Gasteiger partial charge in [0.25, 0.3) is 0 Å². The summed E-state index contributed by atoms with van der Waals surface area (Å²) in [5, 5.41) is 10.5. The number of nitrogens with zero attached hydrogens (tertiary/aromatic N) is 2. The van der Waals surface area contributed by atoms with Gasteiger partial charge in [0.2, 0.25) is 0 Å². The van der Waals surface area contributed by atoms with E-state index in [1.807, 2.05) is 0 Å². The number of benzene rings is 2. The predicted octanol–water partition coefficient (Wildman–Crippen LogP) is 12.0. The number of anilines is 2. The minimum absolute atomic E-state index is 0.633.